The number of benzene rings is 1. The summed E-state index contributed by atoms with van der Waals surface area (Å²) in [5.41, 5.74) is 2.03. The molecule has 0 spiro atoms. The van der Waals surface area contributed by atoms with Crippen LogP contribution < -0.4 is 4.87 Å². The molecule has 2 heterocycles. The van der Waals surface area contributed by atoms with Gasteiger partial charge in [-0.2, -0.15) is 5.21 Å². The molecule has 0 atom stereocenters. The summed E-state index contributed by atoms with van der Waals surface area (Å²) in [5.74, 6) is 0.675. The number of nitrogens with one attached hydrogen (secondary N) is 1. The largest absolute Gasteiger partial charge is 0.307 e. The van der Waals surface area contributed by atoms with Gasteiger partial charge in [0.1, 0.15) is 0 Å². The van der Waals surface area contributed by atoms with Gasteiger partial charge >= 0.3 is 4.87 Å². The normalized spacial score (nSPS) is 10.8. The highest BCUT2D eigenvalue weighted by molar-refractivity contribution is 7.07. The van der Waals surface area contributed by atoms with Gasteiger partial charge in [0.25, 0.3) is 0 Å². The topological polar surface area (TPSA) is 76.5 Å². The average molecular weight is 287 g/mol. The van der Waals surface area contributed by atoms with Crippen molar-refractivity contribution in [1.29, 1.82) is 0 Å². The minimum Gasteiger partial charge on any atom is -0.299 e. The lowest BCUT2D eigenvalue weighted by Gasteiger charge is -2.06. The van der Waals surface area contributed by atoms with Crippen molar-refractivity contribution in [3.05, 3.63) is 51.2 Å². The van der Waals surface area contributed by atoms with E-state index in [1.807, 2.05) is 35.7 Å². The highest BCUT2D eigenvalue weighted by atomic mass is 32.1. The van der Waals surface area contributed by atoms with Crippen molar-refractivity contribution < 1.29 is 0 Å². The van der Waals surface area contributed by atoms with Crippen molar-refractivity contribution in [3.8, 4) is 11.3 Å². The molecule has 7 heteroatoms. The van der Waals surface area contributed by atoms with Crippen molar-refractivity contribution in [1.82, 2.24) is 25.2 Å². The molecule has 0 saturated heterocycles. The lowest BCUT2D eigenvalue weighted by atomic mass is 10.2. The van der Waals surface area contributed by atoms with Crippen molar-refractivity contribution in [3.63, 3.8) is 0 Å². The monoisotopic (exact) mass is 287 g/mol. The van der Waals surface area contributed by atoms with E-state index in [1.54, 1.807) is 4.57 Å². The number of rotatable bonds is 5. The third kappa shape index (κ3) is 2.67. The molecule has 0 amide bonds. The maximum absolute atomic E-state index is 11.9. The first-order valence-electron chi connectivity index (χ1n) is 6.30. The van der Waals surface area contributed by atoms with Crippen LogP contribution in [0.5, 0.6) is 0 Å². The molecule has 0 unspecified atom stereocenters. The van der Waals surface area contributed by atoms with Gasteiger partial charge in [-0.25, -0.2) is 0 Å². The number of thiazole rings is 1. The summed E-state index contributed by atoms with van der Waals surface area (Å²) in [6, 6.07) is 9.94. The fourth-order valence-electron chi connectivity index (χ4n) is 2.06. The number of aryl methyl sites for hydroxylation is 1. The maximum atomic E-state index is 11.9. The van der Waals surface area contributed by atoms with Gasteiger partial charge in [-0.3, -0.25) is 9.36 Å². The number of aromatic nitrogens is 5. The molecular formula is C13H13N5OS. The predicted molar refractivity (Wildman–Crippen MR) is 76.5 cm³/mol. The summed E-state index contributed by atoms with van der Waals surface area (Å²) in [7, 11) is 0. The van der Waals surface area contributed by atoms with Crippen LogP contribution in [-0.2, 0) is 13.0 Å². The van der Waals surface area contributed by atoms with E-state index in [1.165, 1.54) is 11.3 Å². The SMILES string of the molecule is O=c1scc(-c2ccccc2)n1CCCc1nn[nH]n1. The summed E-state index contributed by atoms with van der Waals surface area (Å²) >= 11 is 1.23. The molecule has 3 aromatic rings. The maximum Gasteiger partial charge on any atom is 0.307 e. The van der Waals surface area contributed by atoms with Crippen LogP contribution in [0.25, 0.3) is 11.3 Å². The molecule has 3 rings (SSSR count). The first-order valence-corrected chi connectivity index (χ1v) is 7.18. The lowest BCUT2D eigenvalue weighted by Crippen LogP contribution is -2.15. The molecule has 6 nitrogen and oxygen atoms in total. The number of hydrogen-bond donors (Lipinski definition) is 1. The molecular weight excluding hydrogens is 274 g/mol. The zero-order valence-electron chi connectivity index (χ0n) is 10.7. The van der Waals surface area contributed by atoms with Crippen molar-refractivity contribution >= 4 is 11.3 Å². The van der Waals surface area contributed by atoms with Gasteiger partial charge in [0.15, 0.2) is 5.82 Å². The van der Waals surface area contributed by atoms with E-state index in [-0.39, 0.29) is 4.87 Å². The van der Waals surface area contributed by atoms with Crippen molar-refractivity contribution in [2.75, 3.05) is 0 Å². The molecule has 1 aromatic carbocycles. The van der Waals surface area contributed by atoms with Gasteiger partial charge in [-0.1, -0.05) is 46.9 Å². The van der Waals surface area contributed by atoms with Gasteiger partial charge in [0, 0.05) is 18.3 Å². The summed E-state index contributed by atoms with van der Waals surface area (Å²) in [5, 5.41) is 15.7. The van der Waals surface area contributed by atoms with Crippen molar-refractivity contribution in [2.45, 2.75) is 19.4 Å². The Labute approximate surface area is 119 Å². The summed E-state index contributed by atoms with van der Waals surface area (Å²) < 4.78 is 1.81. The molecule has 0 aliphatic carbocycles. The van der Waals surface area contributed by atoms with E-state index in [9.17, 15) is 4.79 Å². The quantitative estimate of drug-likeness (QED) is 0.775. The van der Waals surface area contributed by atoms with Gasteiger partial charge in [0.05, 0.1) is 5.69 Å². The Bertz CT molecular complexity index is 717. The fraction of sp³-hybridized carbons (Fsp3) is 0.231. The highest BCUT2D eigenvalue weighted by Gasteiger charge is 2.09. The average Bonchev–Trinajstić information content (AvgIpc) is 3.11. The number of H-pyrrole nitrogens is 1. The zero-order chi connectivity index (χ0) is 13.8. The molecule has 0 bridgehead atoms. The molecule has 0 aliphatic heterocycles. The minimum absolute atomic E-state index is 0.0666. The molecule has 20 heavy (non-hydrogen) atoms. The molecule has 0 saturated carbocycles. The van der Waals surface area contributed by atoms with Crippen LogP contribution in [0, 0.1) is 0 Å². The second-order valence-electron chi connectivity index (χ2n) is 4.34. The Balaban J connectivity index is 1.76. The van der Waals surface area contributed by atoms with Crippen LogP contribution in [0.2, 0.25) is 0 Å². The van der Waals surface area contributed by atoms with Crippen LogP contribution in [-0.4, -0.2) is 25.2 Å². The van der Waals surface area contributed by atoms with Gasteiger partial charge < -0.3 is 0 Å². The zero-order valence-corrected chi connectivity index (χ0v) is 11.5. The number of aromatic amines is 1. The number of nitrogens with zero attached hydrogens (tertiary/aromatic N) is 4. The Morgan fingerprint density at radius 2 is 2.10 bits per heavy atom. The standard InChI is InChI=1S/C13H13N5OS/c19-13-18(8-4-7-12-14-16-17-15-12)11(9-20-13)10-5-2-1-3-6-10/h1-3,5-6,9H,4,7-8H2,(H,14,15,16,17). The Morgan fingerprint density at radius 1 is 1.25 bits per heavy atom. The molecule has 0 fully saturated rings. The predicted octanol–water partition coefficient (Wildman–Crippen LogP) is 1.72. The fourth-order valence-corrected chi connectivity index (χ4v) is 2.85. The summed E-state index contributed by atoms with van der Waals surface area (Å²) in [6.07, 6.45) is 1.50. The molecule has 1 N–H and O–H groups in total. The Kier molecular flexibility index (Phi) is 3.69. The third-order valence-corrected chi connectivity index (χ3v) is 3.79. The van der Waals surface area contributed by atoms with E-state index in [4.69, 9.17) is 0 Å². The first-order chi connectivity index (χ1) is 9.84. The van der Waals surface area contributed by atoms with Crippen LogP contribution in [0.15, 0.2) is 40.5 Å². The second kappa shape index (κ2) is 5.79. The Morgan fingerprint density at radius 3 is 2.85 bits per heavy atom. The van der Waals surface area contributed by atoms with E-state index < -0.39 is 0 Å². The smallest absolute Gasteiger partial charge is 0.299 e. The van der Waals surface area contributed by atoms with Crippen LogP contribution in [0.4, 0.5) is 0 Å². The van der Waals surface area contributed by atoms with Crippen molar-refractivity contribution in [2.24, 2.45) is 0 Å². The van der Waals surface area contributed by atoms with E-state index in [2.05, 4.69) is 20.6 Å². The van der Waals surface area contributed by atoms with Gasteiger partial charge in [-0.15, -0.1) is 10.2 Å². The number of hydrogen-bond acceptors (Lipinski definition) is 5. The van der Waals surface area contributed by atoms with Gasteiger partial charge in [0.2, 0.25) is 0 Å². The molecule has 0 radical (unpaired) electrons. The minimum atomic E-state index is 0.0666. The van der Waals surface area contributed by atoms with E-state index in [0.717, 1.165) is 17.7 Å². The third-order valence-electron chi connectivity index (χ3n) is 3.02. The number of tetrazole rings is 1. The summed E-state index contributed by atoms with van der Waals surface area (Å²) in [4.78, 5) is 12.0. The Hall–Kier alpha value is -2.28. The highest BCUT2D eigenvalue weighted by Crippen LogP contribution is 2.19. The molecule has 0 aliphatic rings. The second-order valence-corrected chi connectivity index (χ2v) is 5.16. The van der Waals surface area contributed by atoms with Gasteiger partial charge in [-0.05, 0) is 12.0 Å². The van der Waals surface area contributed by atoms with E-state index in [0.29, 0.717) is 18.8 Å². The molecule has 2 aromatic heterocycles. The van der Waals surface area contributed by atoms with Crippen LogP contribution in [0.1, 0.15) is 12.2 Å². The molecule has 102 valence electrons. The van der Waals surface area contributed by atoms with Crippen LogP contribution >= 0.6 is 11.3 Å². The summed E-state index contributed by atoms with van der Waals surface area (Å²) in [6.45, 7) is 0.654. The van der Waals surface area contributed by atoms with E-state index >= 15 is 0 Å². The lowest BCUT2D eigenvalue weighted by molar-refractivity contribution is 0.627. The first kappa shape index (κ1) is 12.7. The van der Waals surface area contributed by atoms with Crippen LogP contribution in [0.3, 0.4) is 0 Å².